The number of rotatable bonds is 7. The molecule has 0 unspecified atom stereocenters. The number of aromatic nitrogens is 3. The van der Waals surface area contributed by atoms with Crippen LogP contribution in [0, 0.1) is 24.8 Å². The molecule has 65 heavy (non-hydrogen) atoms. The first-order valence-corrected chi connectivity index (χ1v) is 29.4. The van der Waals surface area contributed by atoms with Crippen LogP contribution in [0.4, 0.5) is 4.39 Å². The Labute approximate surface area is 404 Å². The van der Waals surface area contributed by atoms with Gasteiger partial charge in [0.25, 0.3) is 0 Å². The molecular weight excluding hydrogens is 1050 g/mol. The van der Waals surface area contributed by atoms with Crippen molar-refractivity contribution in [3.63, 3.8) is 0 Å². The zero-order valence-corrected chi connectivity index (χ0v) is 41.2. The van der Waals surface area contributed by atoms with Crippen molar-refractivity contribution in [2.45, 2.75) is 24.1 Å². The van der Waals surface area contributed by atoms with Crippen LogP contribution in [0.3, 0.4) is 0 Å². The summed E-state index contributed by atoms with van der Waals surface area (Å²) in [7, 11) is 0. The van der Waals surface area contributed by atoms with Gasteiger partial charge in [-0.2, -0.15) is 11.3 Å². The number of fused-ring (bicyclic) bond motifs is 4. The molecule has 0 saturated heterocycles. The minimum Gasteiger partial charge on any atom is 0 e. The van der Waals surface area contributed by atoms with E-state index < -0.39 is 20.1 Å². The summed E-state index contributed by atoms with van der Waals surface area (Å²) in [4.78, 5) is 9.65. The molecule has 0 N–H and O–H groups in total. The number of imidazole rings is 1. The fraction of sp³-hybridized carbons (Fsp3) is 0.0690. The summed E-state index contributed by atoms with van der Waals surface area (Å²) in [5.41, 5.74) is 10.9. The number of hydrogen-bond donors (Lipinski definition) is 0. The molecule has 3 aromatic heterocycles. The van der Waals surface area contributed by atoms with Crippen molar-refractivity contribution in [3.8, 4) is 61.7 Å². The van der Waals surface area contributed by atoms with Crippen LogP contribution in [-0.4, -0.2) is 27.8 Å². The Morgan fingerprint density at radius 2 is 1.34 bits per heavy atom. The molecule has 7 heteroatoms. The average molecular weight is 1100 g/mol. The first-order chi connectivity index (χ1) is 32.4. The maximum atomic E-state index is 16.1. The quantitative estimate of drug-likeness (QED) is 0.118. The van der Waals surface area contributed by atoms with Crippen LogP contribution in [0.25, 0.3) is 92.9 Å². The monoisotopic (exact) mass is 1100 g/mol. The molecule has 0 atom stereocenters. The fourth-order valence-electron chi connectivity index (χ4n) is 8.18. The van der Waals surface area contributed by atoms with Gasteiger partial charge in [-0.1, -0.05) is 126 Å². The molecule has 0 aliphatic carbocycles. The Kier molecular flexibility index (Phi) is 11.6. The van der Waals surface area contributed by atoms with Crippen molar-refractivity contribution < 1.29 is 28.6 Å². The largest absolute Gasteiger partial charge is 0 e. The van der Waals surface area contributed by atoms with Crippen molar-refractivity contribution in [2.75, 3.05) is 0 Å². The van der Waals surface area contributed by atoms with Gasteiger partial charge in [-0.3, -0.25) is 4.98 Å². The number of nitrogens with zero attached hydrogens (tertiary/aromatic N) is 3. The van der Waals surface area contributed by atoms with Gasteiger partial charge in [-0.25, -0.2) is 4.39 Å². The van der Waals surface area contributed by atoms with Gasteiger partial charge in [0.2, 0.25) is 0 Å². The minimum absolute atomic E-state index is 0. The third kappa shape index (κ3) is 8.92. The summed E-state index contributed by atoms with van der Waals surface area (Å²) in [6.45, 7) is -2.15. The summed E-state index contributed by atoms with van der Waals surface area (Å²) in [5.74, 6) is 7.39. The van der Waals surface area contributed by atoms with Crippen molar-refractivity contribution in [1.29, 1.82) is 0 Å². The van der Waals surface area contributed by atoms with E-state index in [1.807, 2.05) is 95.7 Å². The average Bonchev–Trinajstić information content (AvgIpc) is 3.94. The predicted octanol–water partition coefficient (Wildman–Crippen LogP) is 15.4. The Morgan fingerprint density at radius 3 is 2.05 bits per heavy atom. The Morgan fingerprint density at radius 1 is 0.631 bits per heavy atom. The van der Waals surface area contributed by atoms with E-state index in [9.17, 15) is 0 Å². The van der Waals surface area contributed by atoms with Crippen LogP contribution in [0.2, 0.25) is 17.3 Å². The number of aryl methyl sites for hydroxylation is 1. The molecule has 3 heterocycles. The zero-order chi connectivity index (χ0) is 46.3. The Balaban J connectivity index is 0.000000289. The summed E-state index contributed by atoms with van der Waals surface area (Å²) >= 11 is -0.0572. The number of para-hydroxylation sites is 1. The Hall–Kier alpha value is -6.28. The summed E-state index contributed by atoms with van der Waals surface area (Å²) in [6, 6.07) is 68.1. The van der Waals surface area contributed by atoms with Gasteiger partial charge >= 0.3 is 99.8 Å². The van der Waals surface area contributed by atoms with E-state index in [0.29, 0.717) is 22.4 Å². The molecule has 0 amide bonds. The van der Waals surface area contributed by atoms with E-state index in [2.05, 4.69) is 113 Å². The molecule has 11 rings (SSSR count). The molecule has 8 aromatic carbocycles. The van der Waals surface area contributed by atoms with Gasteiger partial charge in [-0.15, -0.1) is 18.2 Å². The first-order valence-electron chi connectivity index (χ1n) is 22.7. The number of benzene rings is 8. The topological polar surface area (TPSA) is 30.7 Å². The standard InChI is InChI=1S/C44H28FN2S.C14H16GeN.Ir/c1-28-18-20-30(21-19-28)32-23-25-41-37(26-32)35-14-8-15-36(43(35)48-41)44-46-39-17-9-16-38(45)42(39)47(44)40-27-33(29-10-4-2-5-11-29)22-24-34(40)31-12-6-3-7-13-31;1-15(2,3)13-9-10-14(16-11-13)12-7-5-4-6-8-12;/h2-14,16-27H,1H3;4-7,9-11H,1-3H3;/q2*-1;/i1D3;;. The Bertz CT molecular complexity index is 3540. The summed E-state index contributed by atoms with van der Waals surface area (Å²) < 4.78 is 44.8. The molecule has 1 radical (unpaired) electrons. The smallest absolute Gasteiger partial charge is 0 e. The SMILES string of the molecule is [2H]C([2H])([2H])c1ccc(-c2ccc3sc4c(-c5nc6cccc(F)c6n5-c5cc(-c6ccccc6)ccc5-c5ccccc5)[c-]ccc4c3c2)cc1.[CH3][Ge]([CH3])([CH3])[c]1ccc(-c2[c-]cccc2)nc1.[Ir]. The normalized spacial score (nSPS) is 12.2. The van der Waals surface area contributed by atoms with E-state index >= 15 is 4.39 Å². The van der Waals surface area contributed by atoms with E-state index in [1.165, 1.54) is 10.5 Å². The maximum absolute atomic E-state index is 16.1. The second kappa shape index (κ2) is 18.7. The number of thiophene rings is 1. The van der Waals surface area contributed by atoms with Crippen LogP contribution in [0.1, 0.15) is 9.68 Å². The van der Waals surface area contributed by atoms with Crippen LogP contribution < -0.4 is 4.40 Å². The number of halogens is 1. The molecule has 0 saturated carbocycles. The number of pyridine rings is 1. The first kappa shape index (κ1) is 40.2. The second-order valence-electron chi connectivity index (χ2n) is 16.8. The van der Waals surface area contributed by atoms with Crippen LogP contribution >= 0.6 is 11.3 Å². The van der Waals surface area contributed by atoms with Crippen molar-refractivity contribution in [1.82, 2.24) is 14.5 Å². The van der Waals surface area contributed by atoms with Crippen LogP contribution in [0.15, 0.2) is 194 Å². The molecule has 0 fully saturated rings. The fourth-order valence-corrected chi connectivity index (χ4v) is 11.5. The maximum Gasteiger partial charge on any atom is 0 e. The third-order valence-electron chi connectivity index (χ3n) is 11.5. The zero-order valence-electron chi connectivity index (χ0n) is 38.9. The van der Waals surface area contributed by atoms with Gasteiger partial charge in [0, 0.05) is 40.2 Å². The van der Waals surface area contributed by atoms with Gasteiger partial charge in [0.15, 0.2) is 0 Å². The van der Waals surface area contributed by atoms with E-state index in [1.54, 1.807) is 29.5 Å². The molecule has 0 aliphatic heterocycles. The minimum atomic E-state index is -2.15. The molecule has 3 nitrogen and oxygen atoms in total. The van der Waals surface area contributed by atoms with Crippen molar-refractivity contribution in [3.05, 3.63) is 218 Å². The molecule has 319 valence electrons. The van der Waals surface area contributed by atoms with Gasteiger partial charge in [0.1, 0.15) is 5.82 Å². The van der Waals surface area contributed by atoms with Crippen LogP contribution in [0.5, 0.6) is 0 Å². The van der Waals surface area contributed by atoms with Crippen LogP contribution in [-0.2, 0) is 20.1 Å². The number of hydrogen-bond acceptors (Lipinski definition) is 3. The van der Waals surface area contributed by atoms with Crippen molar-refractivity contribution >= 4 is 60.2 Å². The third-order valence-corrected chi connectivity index (χ3v) is 17.0. The molecule has 0 aliphatic rings. The van der Waals surface area contributed by atoms with E-state index in [0.717, 1.165) is 76.1 Å². The molecule has 0 spiro atoms. The molecule has 11 aromatic rings. The second-order valence-corrected chi connectivity index (χ2v) is 28.5. The van der Waals surface area contributed by atoms with Gasteiger partial charge in [0.05, 0.1) is 16.9 Å². The van der Waals surface area contributed by atoms with Crippen molar-refractivity contribution in [2.24, 2.45) is 0 Å². The summed E-state index contributed by atoms with van der Waals surface area (Å²) in [6.07, 6.45) is 2.04. The predicted molar refractivity (Wildman–Crippen MR) is 271 cm³/mol. The van der Waals surface area contributed by atoms with E-state index in [4.69, 9.17) is 9.10 Å². The van der Waals surface area contributed by atoms with Gasteiger partial charge < -0.3 is 4.57 Å². The van der Waals surface area contributed by atoms with E-state index in [-0.39, 0.29) is 25.9 Å². The summed E-state index contributed by atoms with van der Waals surface area (Å²) in [5, 5.41) is 2.12. The molecular formula is C58H44FGeIrN3S-2. The molecule has 0 bridgehead atoms. The van der Waals surface area contributed by atoms with Gasteiger partial charge in [-0.05, 0) is 75.1 Å².